The SMILES string of the molecule is CCC(=O)C(C)Sc1nnc(-c2cc(Cl)ccc2OC)n1-c1ccc(OC)c(Cl)c1. The number of Topliss-reactive ketones (excluding diaryl/α,β-unsaturated/α-hetero) is 1. The van der Waals surface area contributed by atoms with Gasteiger partial charge in [-0.05, 0) is 43.3 Å². The van der Waals surface area contributed by atoms with Gasteiger partial charge >= 0.3 is 0 Å². The number of aromatic nitrogens is 3. The van der Waals surface area contributed by atoms with Crippen molar-refractivity contribution < 1.29 is 14.3 Å². The van der Waals surface area contributed by atoms with E-state index in [1.807, 2.05) is 24.5 Å². The average molecular weight is 466 g/mol. The summed E-state index contributed by atoms with van der Waals surface area (Å²) in [6.45, 7) is 3.70. The maximum absolute atomic E-state index is 12.2. The summed E-state index contributed by atoms with van der Waals surface area (Å²) in [6.07, 6.45) is 0.450. The molecule has 1 heterocycles. The number of ketones is 1. The second-order valence-corrected chi connectivity index (χ2v) is 8.54. The zero-order chi connectivity index (χ0) is 21.8. The van der Waals surface area contributed by atoms with Gasteiger partial charge in [0.25, 0.3) is 0 Å². The molecular weight excluding hydrogens is 445 g/mol. The van der Waals surface area contributed by atoms with Crippen molar-refractivity contribution in [3.8, 4) is 28.6 Å². The fourth-order valence-corrected chi connectivity index (χ4v) is 4.34. The summed E-state index contributed by atoms with van der Waals surface area (Å²) in [7, 11) is 3.14. The lowest BCUT2D eigenvalue weighted by atomic mass is 10.2. The van der Waals surface area contributed by atoms with Gasteiger partial charge in [-0.2, -0.15) is 0 Å². The first-order chi connectivity index (χ1) is 14.4. The molecule has 2 aromatic carbocycles. The number of hydrogen-bond donors (Lipinski definition) is 0. The molecule has 0 aliphatic rings. The molecule has 0 N–H and O–H groups in total. The van der Waals surface area contributed by atoms with Gasteiger partial charge in [0.05, 0.1) is 35.7 Å². The average Bonchev–Trinajstić information content (AvgIpc) is 3.16. The van der Waals surface area contributed by atoms with E-state index in [9.17, 15) is 4.79 Å². The fourth-order valence-electron chi connectivity index (χ4n) is 2.91. The summed E-state index contributed by atoms with van der Waals surface area (Å²) in [5.74, 6) is 1.81. The minimum Gasteiger partial charge on any atom is -0.496 e. The lowest BCUT2D eigenvalue weighted by Crippen LogP contribution is -2.13. The highest BCUT2D eigenvalue weighted by atomic mass is 35.5. The normalized spacial score (nSPS) is 11.9. The third-order valence-electron chi connectivity index (χ3n) is 4.51. The number of ether oxygens (including phenoxy) is 2. The van der Waals surface area contributed by atoms with E-state index in [0.717, 1.165) is 5.69 Å². The van der Waals surface area contributed by atoms with Crippen LogP contribution in [0.15, 0.2) is 41.6 Å². The highest BCUT2D eigenvalue weighted by molar-refractivity contribution is 8.00. The van der Waals surface area contributed by atoms with E-state index in [-0.39, 0.29) is 11.0 Å². The minimum absolute atomic E-state index is 0.129. The number of carbonyl (C=O) groups excluding carboxylic acids is 1. The number of benzene rings is 2. The molecule has 0 aliphatic carbocycles. The molecule has 1 atom stereocenters. The van der Waals surface area contributed by atoms with Crippen LogP contribution < -0.4 is 9.47 Å². The molecule has 30 heavy (non-hydrogen) atoms. The molecule has 158 valence electrons. The quantitative estimate of drug-likeness (QED) is 0.396. The van der Waals surface area contributed by atoms with Gasteiger partial charge in [-0.15, -0.1) is 10.2 Å². The molecule has 3 rings (SSSR count). The maximum atomic E-state index is 12.2. The Morgan fingerprint density at radius 2 is 1.80 bits per heavy atom. The number of hydrogen-bond acceptors (Lipinski definition) is 6. The Morgan fingerprint density at radius 3 is 2.43 bits per heavy atom. The van der Waals surface area contributed by atoms with E-state index in [1.54, 1.807) is 44.6 Å². The van der Waals surface area contributed by atoms with Crippen LogP contribution in [0.25, 0.3) is 17.1 Å². The summed E-state index contributed by atoms with van der Waals surface area (Å²) < 4.78 is 12.6. The number of thioether (sulfide) groups is 1. The first-order valence-corrected chi connectivity index (χ1v) is 10.9. The molecule has 0 radical (unpaired) electrons. The molecule has 0 amide bonds. The molecule has 0 aliphatic heterocycles. The molecule has 0 spiro atoms. The molecule has 1 unspecified atom stereocenters. The van der Waals surface area contributed by atoms with E-state index >= 15 is 0 Å². The number of methoxy groups -OCH3 is 2. The molecular formula is C21H21Cl2N3O3S. The van der Waals surface area contributed by atoms with Crippen LogP contribution in [-0.2, 0) is 4.79 Å². The molecule has 0 fully saturated rings. The lowest BCUT2D eigenvalue weighted by molar-refractivity contribution is -0.118. The Morgan fingerprint density at radius 1 is 1.10 bits per heavy atom. The highest BCUT2D eigenvalue weighted by Gasteiger charge is 2.23. The van der Waals surface area contributed by atoms with Crippen molar-refractivity contribution in [3.63, 3.8) is 0 Å². The second kappa shape index (κ2) is 9.73. The summed E-state index contributed by atoms with van der Waals surface area (Å²) in [5.41, 5.74) is 1.40. The number of halogens is 2. The predicted octanol–water partition coefficient (Wildman–Crippen LogP) is 5.72. The Labute approximate surface area is 189 Å². The van der Waals surface area contributed by atoms with Gasteiger partial charge in [0.2, 0.25) is 0 Å². The first-order valence-electron chi connectivity index (χ1n) is 9.22. The first kappa shape index (κ1) is 22.5. The monoisotopic (exact) mass is 465 g/mol. The Bertz CT molecular complexity index is 1070. The van der Waals surface area contributed by atoms with Crippen LogP contribution in [0.1, 0.15) is 20.3 Å². The van der Waals surface area contributed by atoms with Crippen molar-refractivity contribution in [1.82, 2.24) is 14.8 Å². The van der Waals surface area contributed by atoms with Crippen LogP contribution >= 0.6 is 35.0 Å². The minimum atomic E-state index is -0.277. The van der Waals surface area contributed by atoms with Gasteiger partial charge in [0.15, 0.2) is 11.0 Å². The van der Waals surface area contributed by atoms with Crippen LogP contribution in [0.5, 0.6) is 11.5 Å². The molecule has 1 aromatic heterocycles. The number of nitrogens with zero attached hydrogens (tertiary/aromatic N) is 3. The Kier molecular flexibility index (Phi) is 7.28. The van der Waals surface area contributed by atoms with Crippen LogP contribution in [-0.4, -0.2) is 40.0 Å². The van der Waals surface area contributed by atoms with Gasteiger partial charge in [-0.1, -0.05) is 41.9 Å². The molecule has 6 nitrogen and oxygen atoms in total. The fraction of sp³-hybridized carbons (Fsp3) is 0.286. The summed E-state index contributed by atoms with van der Waals surface area (Å²) in [5, 5.41) is 10.0. The van der Waals surface area contributed by atoms with Crippen molar-refractivity contribution in [2.24, 2.45) is 0 Å². The third-order valence-corrected chi connectivity index (χ3v) is 6.14. The Balaban J connectivity index is 2.20. The number of rotatable bonds is 8. The van der Waals surface area contributed by atoms with Crippen LogP contribution in [0, 0.1) is 0 Å². The third kappa shape index (κ3) is 4.58. The van der Waals surface area contributed by atoms with Gasteiger partial charge < -0.3 is 9.47 Å². The van der Waals surface area contributed by atoms with Crippen molar-refractivity contribution in [1.29, 1.82) is 0 Å². The van der Waals surface area contributed by atoms with E-state index in [4.69, 9.17) is 32.7 Å². The van der Waals surface area contributed by atoms with Gasteiger partial charge in [0.1, 0.15) is 17.3 Å². The van der Waals surface area contributed by atoms with Gasteiger partial charge in [-0.25, -0.2) is 0 Å². The van der Waals surface area contributed by atoms with Crippen molar-refractivity contribution in [2.75, 3.05) is 14.2 Å². The van der Waals surface area contributed by atoms with E-state index in [1.165, 1.54) is 11.8 Å². The zero-order valence-corrected chi connectivity index (χ0v) is 19.3. The van der Waals surface area contributed by atoms with Crippen molar-refractivity contribution >= 4 is 40.7 Å². The topological polar surface area (TPSA) is 66.2 Å². The van der Waals surface area contributed by atoms with E-state index in [2.05, 4.69) is 10.2 Å². The maximum Gasteiger partial charge on any atom is 0.196 e. The number of carbonyl (C=O) groups is 1. The smallest absolute Gasteiger partial charge is 0.196 e. The summed E-state index contributed by atoms with van der Waals surface area (Å²) >= 11 is 13.9. The van der Waals surface area contributed by atoms with Crippen LogP contribution in [0.4, 0.5) is 0 Å². The van der Waals surface area contributed by atoms with Crippen LogP contribution in [0.2, 0.25) is 10.0 Å². The molecule has 9 heteroatoms. The van der Waals surface area contributed by atoms with E-state index < -0.39 is 0 Å². The standard InChI is InChI=1S/C21H21Cl2N3O3S/c1-5-17(27)12(2)30-21-25-24-20(15-10-13(22)6-8-18(15)28-3)26(21)14-7-9-19(29-4)16(23)11-14/h6-12H,5H2,1-4H3. The summed E-state index contributed by atoms with van der Waals surface area (Å²) in [4.78, 5) is 12.2. The van der Waals surface area contributed by atoms with E-state index in [0.29, 0.717) is 44.5 Å². The van der Waals surface area contributed by atoms with Gasteiger partial charge in [-0.3, -0.25) is 9.36 Å². The molecule has 3 aromatic rings. The second-order valence-electron chi connectivity index (χ2n) is 6.38. The molecule has 0 saturated heterocycles. The van der Waals surface area contributed by atoms with Crippen LogP contribution in [0.3, 0.4) is 0 Å². The summed E-state index contributed by atoms with van der Waals surface area (Å²) in [6, 6.07) is 10.7. The molecule has 0 saturated carbocycles. The Hall–Kier alpha value is -2.22. The predicted molar refractivity (Wildman–Crippen MR) is 121 cm³/mol. The highest BCUT2D eigenvalue weighted by Crippen LogP contribution is 2.37. The van der Waals surface area contributed by atoms with Crippen molar-refractivity contribution in [3.05, 3.63) is 46.4 Å². The van der Waals surface area contributed by atoms with Gasteiger partial charge in [0, 0.05) is 11.4 Å². The van der Waals surface area contributed by atoms with Crippen molar-refractivity contribution in [2.45, 2.75) is 30.7 Å². The molecule has 0 bridgehead atoms. The largest absolute Gasteiger partial charge is 0.496 e. The lowest BCUT2D eigenvalue weighted by Gasteiger charge is -2.15. The zero-order valence-electron chi connectivity index (χ0n) is 17.0.